The molecule has 0 saturated heterocycles. The fourth-order valence-electron chi connectivity index (χ4n) is 2.58. The van der Waals surface area contributed by atoms with E-state index in [1.54, 1.807) is 41.6 Å². The first kappa shape index (κ1) is 22.0. The highest BCUT2D eigenvalue weighted by Gasteiger charge is 2.11. The Hall–Kier alpha value is -3.30. The van der Waals surface area contributed by atoms with Gasteiger partial charge in [0.1, 0.15) is 18.1 Å². The second-order valence-corrected chi connectivity index (χ2v) is 5.78. The van der Waals surface area contributed by atoms with Crippen molar-refractivity contribution in [2.75, 3.05) is 48.8 Å². The maximum Gasteiger partial charge on any atom is 0.203 e. The van der Waals surface area contributed by atoms with E-state index < -0.39 is 0 Å². The number of benzene rings is 2. The van der Waals surface area contributed by atoms with Crippen LogP contribution in [0.15, 0.2) is 36.4 Å². The summed E-state index contributed by atoms with van der Waals surface area (Å²) in [5.74, 6) is 9.18. The Kier molecular flexibility index (Phi) is 8.74. The Labute approximate surface area is 171 Å². The molecule has 2 aromatic carbocycles. The van der Waals surface area contributed by atoms with Crippen molar-refractivity contribution in [2.24, 2.45) is 0 Å². The van der Waals surface area contributed by atoms with Crippen LogP contribution in [0.1, 0.15) is 11.1 Å². The van der Waals surface area contributed by atoms with Crippen molar-refractivity contribution in [1.82, 2.24) is 0 Å². The minimum absolute atomic E-state index is 0.305. The molecule has 0 atom stereocenters. The fraction of sp³-hybridized carbons (Fsp3) is 0.304. The maximum atomic E-state index is 5.54. The number of hydrogen-bond donors (Lipinski definition) is 0. The SMILES string of the molecule is COc1cc(C#CCOC/C=C/c2cc(OC)c(OC)c(OC)c2)cc(OC)c1. The summed E-state index contributed by atoms with van der Waals surface area (Å²) in [6.45, 7) is 0.728. The zero-order chi connectivity index (χ0) is 21.1. The van der Waals surface area contributed by atoms with Crippen molar-refractivity contribution in [2.45, 2.75) is 0 Å². The molecule has 2 aromatic rings. The molecule has 0 aliphatic carbocycles. The topological polar surface area (TPSA) is 55.4 Å². The summed E-state index contributed by atoms with van der Waals surface area (Å²) in [7, 11) is 7.96. The minimum atomic E-state index is 0.305. The van der Waals surface area contributed by atoms with Crippen LogP contribution in [-0.4, -0.2) is 48.8 Å². The van der Waals surface area contributed by atoms with Crippen LogP contribution >= 0.6 is 0 Å². The van der Waals surface area contributed by atoms with Crippen LogP contribution in [0.3, 0.4) is 0 Å². The lowest BCUT2D eigenvalue weighted by molar-refractivity contribution is 0.199. The molecule has 0 heterocycles. The van der Waals surface area contributed by atoms with Gasteiger partial charge in [0, 0.05) is 11.6 Å². The molecule has 0 aliphatic rings. The summed E-state index contributed by atoms with van der Waals surface area (Å²) in [5.41, 5.74) is 1.72. The smallest absolute Gasteiger partial charge is 0.203 e. The van der Waals surface area contributed by atoms with E-state index in [-0.39, 0.29) is 0 Å². The Morgan fingerprint density at radius 1 is 0.759 bits per heavy atom. The van der Waals surface area contributed by atoms with Gasteiger partial charge in [-0.25, -0.2) is 0 Å². The monoisotopic (exact) mass is 398 g/mol. The second kappa shape index (κ2) is 11.5. The molecule has 0 N–H and O–H groups in total. The average Bonchev–Trinajstić information content (AvgIpc) is 2.77. The number of ether oxygens (including phenoxy) is 6. The van der Waals surface area contributed by atoms with Crippen molar-refractivity contribution < 1.29 is 28.4 Å². The van der Waals surface area contributed by atoms with Gasteiger partial charge in [-0.2, -0.15) is 0 Å². The molecule has 0 aliphatic heterocycles. The van der Waals surface area contributed by atoms with Gasteiger partial charge in [-0.15, -0.1) is 0 Å². The van der Waals surface area contributed by atoms with E-state index in [0.717, 1.165) is 11.1 Å². The molecule has 2 rings (SSSR count). The summed E-state index contributed by atoms with van der Waals surface area (Å²) < 4.78 is 32.0. The Bertz CT molecular complexity index is 845. The largest absolute Gasteiger partial charge is 0.497 e. The zero-order valence-corrected chi connectivity index (χ0v) is 17.4. The van der Waals surface area contributed by atoms with Crippen molar-refractivity contribution in [3.8, 4) is 40.6 Å². The predicted molar refractivity (Wildman–Crippen MR) is 112 cm³/mol. The highest BCUT2D eigenvalue weighted by molar-refractivity contribution is 5.62. The molecule has 0 spiro atoms. The van der Waals surface area contributed by atoms with Crippen molar-refractivity contribution >= 4 is 6.08 Å². The molecule has 0 amide bonds. The third kappa shape index (κ3) is 6.37. The first-order valence-corrected chi connectivity index (χ1v) is 8.91. The van der Waals surface area contributed by atoms with Gasteiger partial charge < -0.3 is 28.4 Å². The van der Waals surface area contributed by atoms with E-state index in [2.05, 4.69) is 11.8 Å². The molecule has 0 unspecified atom stereocenters. The van der Waals surface area contributed by atoms with Gasteiger partial charge in [-0.05, 0) is 29.8 Å². The third-order valence-corrected chi connectivity index (χ3v) is 3.97. The summed E-state index contributed by atoms with van der Waals surface area (Å²) in [4.78, 5) is 0. The predicted octanol–water partition coefficient (Wildman–Crippen LogP) is 3.81. The minimum Gasteiger partial charge on any atom is -0.497 e. The lowest BCUT2D eigenvalue weighted by Crippen LogP contribution is -1.95. The van der Waals surface area contributed by atoms with Crippen LogP contribution < -0.4 is 23.7 Å². The van der Waals surface area contributed by atoms with Crippen molar-refractivity contribution in [3.05, 3.63) is 47.5 Å². The normalized spacial score (nSPS) is 10.2. The van der Waals surface area contributed by atoms with Gasteiger partial charge in [-0.3, -0.25) is 0 Å². The lowest BCUT2D eigenvalue weighted by Gasteiger charge is -2.12. The number of methoxy groups -OCH3 is 5. The fourth-order valence-corrected chi connectivity index (χ4v) is 2.58. The molecule has 29 heavy (non-hydrogen) atoms. The molecule has 0 fully saturated rings. The van der Waals surface area contributed by atoms with E-state index in [1.165, 1.54) is 0 Å². The molecule has 6 heteroatoms. The standard InChI is InChI=1S/C23H26O6/c1-24-19-12-17(13-20(16-19)25-2)8-6-10-29-11-7-9-18-14-21(26-3)23(28-5)22(15-18)27-4/h7,9,12-16H,10-11H2,1-5H3/b9-7+. The second-order valence-electron chi connectivity index (χ2n) is 5.78. The van der Waals surface area contributed by atoms with Gasteiger partial charge >= 0.3 is 0 Å². The van der Waals surface area contributed by atoms with E-state index in [9.17, 15) is 0 Å². The zero-order valence-electron chi connectivity index (χ0n) is 17.4. The van der Waals surface area contributed by atoms with E-state index in [0.29, 0.717) is 42.0 Å². The van der Waals surface area contributed by atoms with E-state index in [4.69, 9.17) is 28.4 Å². The molecule has 154 valence electrons. The first-order chi connectivity index (χ1) is 14.1. The van der Waals surface area contributed by atoms with Gasteiger partial charge in [0.25, 0.3) is 0 Å². The van der Waals surface area contributed by atoms with Crippen LogP contribution in [-0.2, 0) is 4.74 Å². The van der Waals surface area contributed by atoms with Crippen LogP contribution in [0.4, 0.5) is 0 Å². The molecule has 0 aromatic heterocycles. The number of rotatable bonds is 9. The molecule has 0 saturated carbocycles. The summed E-state index contributed by atoms with van der Waals surface area (Å²) in [6, 6.07) is 9.23. The van der Waals surface area contributed by atoms with E-state index in [1.807, 2.05) is 36.4 Å². The Balaban J connectivity index is 1.92. The summed E-state index contributed by atoms with van der Waals surface area (Å²) in [5, 5.41) is 0. The molecule has 0 bridgehead atoms. The molecule has 0 radical (unpaired) electrons. The Morgan fingerprint density at radius 3 is 1.90 bits per heavy atom. The third-order valence-electron chi connectivity index (χ3n) is 3.97. The first-order valence-electron chi connectivity index (χ1n) is 8.91. The molecular weight excluding hydrogens is 372 g/mol. The van der Waals surface area contributed by atoms with Crippen molar-refractivity contribution in [3.63, 3.8) is 0 Å². The van der Waals surface area contributed by atoms with E-state index >= 15 is 0 Å². The van der Waals surface area contributed by atoms with Gasteiger partial charge in [0.15, 0.2) is 11.5 Å². The Morgan fingerprint density at radius 2 is 1.38 bits per heavy atom. The number of hydrogen-bond acceptors (Lipinski definition) is 6. The van der Waals surface area contributed by atoms with Crippen LogP contribution in [0.5, 0.6) is 28.7 Å². The molecular formula is C23H26O6. The lowest BCUT2D eigenvalue weighted by atomic mass is 10.1. The van der Waals surface area contributed by atoms with Crippen LogP contribution in [0.2, 0.25) is 0 Å². The maximum absolute atomic E-state index is 5.54. The average molecular weight is 398 g/mol. The van der Waals surface area contributed by atoms with Gasteiger partial charge in [0.05, 0.1) is 42.2 Å². The highest BCUT2D eigenvalue weighted by atomic mass is 16.5. The highest BCUT2D eigenvalue weighted by Crippen LogP contribution is 2.38. The summed E-state index contributed by atoms with van der Waals surface area (Å²) in [6.07, 6.45) is 3.82. The van der Waals surface area contributed by atoms with Crippen LogP contribution in [0.25, 0.3) is 6.08 Å². The quantitative estimate of drug-likeness (QED) is 0.473. The van der Waals surface area contributed by atoms with Crippen LogP contribution in [0, 0.1) is 11.8 Å². The van der Waals surface area contributed by atoms with Crippen molar-refractivity contribution in [1.29, 1.82) is 0 Å². The summed E-state index contributed by atoms with van der Waals surface area (Å²) >= 11 is 0. The van der Waals surface area contributed by atoms with Gasteiger partial charge in [-0.1, -0.05) is 24.0 Å². The molecule has 6 nitrogen and oxygen atoms in total. The van der Waals surface area contributed by atoms with Gasteiger partial charge in [0.2, 0.25) is 5.75 Å².